The largest absolute Gasteiger partial charge is 0.369 e. The highest BCUT2D eigenvalue weighted by molar-refractivity contribution is 5.77. The van der Waals surface area contributed by atoms with Crippen LogP contribution in [0.4, 0.5) is 0 Å². The molecule has 14 heavy (non-hydrogen) atoms. The number of nitrogens with one attached hydrogen (secondary N) is 1. The minimum absolute atomic E-state index is 0.0846. The van der Waals surface area contributed by atoms with Crippen LogP contribution in [0.5, 0.6) is 0 Å². The normalized spacial score (nSPS) is 33.7. The first kappa shape index (κ1) is 9.97. The number of hydrogen-bond donors (Lipinski definition) is 2. The topological polar surface area (TPSA) is 55.1 Å². The Morgan fingerprint density at radius 2 is 2.07 bits per heavy atom. The maximum absolute atomic E-state index is 11.0. The number of carbonyl (C=O) groups is 1. The third kappa shape index (κ3) is 2.27. The number of amides is 1. The van der Waals surface area contributed by atoms with Crippen LogP contribution in [-0.4, -0.2) is 18.5 Å². The van der Waals surface area contributed by atoms with E-state index >= 15 is 0 Å². The van der Waals surface area contributed by atoms with E-state index < -0.39 is 0 Å². The average molecular weight is 196 g/mol. The Kier molecular flexibility index (Phi) is 3.06. The monoisotopic (exact) mass is 196 g/mol. The highest BCUT2D eigenvalue weighted by Crippen LogP contribution is 2.31. The van der Waals surface area contributed by atoms with Crippen molar-refractivity contribution < 1.29 is 4.79 Å². The van der Waals surface area contributed by atoms with Crippen molar-refractivity contribution in [3.8, 4) is 0 Å². The molecule has 0 bridgehead atoms. The van der Waals surface area contributed by atoms with Gasteiger partial charge < -0.3 is 11.1 Å². The molecule has 1 aliphatic heterocycles. The molecular weight excluding hydrogens is 176 g/mol. The fraction of sp³-hybridized carbons (Fsp3) is 0.909. The molecular formula is C11H20N2O. The fourth-order valence-corrected chi connectivity index (χ4v) is 2.86. The Bertz CT molecular complexity index is 211. The van der Waals surface area contributed by atoms with Crippen molar-refractivity contribution in [1.82, 2.24) is 5.32 Å². The summed E-state index contributed by atoms with van der Waals surface area (Å²) in [5.41, 5.74) is 5.29. The van der Waals surface area contributed by atoms with Gasteiger partial charge in [0.15, 0.2) is 0 Å². The maximum Gasteiger partial charge on any atom is 0.221 e. The van der Waals surface area contributed by atoms with Gasteiger partial charge in [0, 0.05) is 12.6 Å². The molecule has 1 heterocycles. The van der Waals surface area contributed by atoms with Crippen LogP contribution in [0.25, 0.3) is 0 Å². The second-order valence-electron chi connectivity index (χ2n) is 4.83. The Morgan fingerprint density at radius 3 is 2.64 bits per heavy atom. The first-order chi connectivity index (χ1) is 6.75. The van der Waals surface area contributed by atoms with Crippen LogP contribution in [0.15, 0.2) is 0 Å². The van der Waals surface area contributed by atoms with Gasteiger partial charge in [-0.2, -0.15) is 0 Å². The van der Waals surface area contributed by atoms with E-state index in [4.69, 9.17) is 5.73 Å². The maximum atomic E-state index is 11.0. The fourth-order valence-electron chi connectivity index (χ4n) is 2.86. The van der Waals surface area contributed by atoms with Crippen LogP contribution in [-0.2, 0) is 4.79 Å². The summed E-state index contributed by atoms with van der Waals surface area (Å²) < 4.78 is 0. The van der Waals surface area contributed by atoms with Crippen molar-refractivity contribution >= 4 is 5.91 Å². The van der Waals surface area contributed by atoms with Crippen LogP contribution in [0.3, 0.4) is 0 Å². The highest BCUT2D eigenvalue weighted by atomic mass is 16.1. The predicted molar refractivity (Wildman–Crippen MR) is 55.7 cm³/mol. The lowest BCUT2D eigenvalue weighted by Crippen LogP contribution is -2.25. The van der Waals surface area contributed by atoms with Gasteiger partial charge >= 0.3 is 0 Å². The zero-order chi connectivity index (χ0) is 9.97. The molecule has 80 valence electrons. The third-order valence-electron chi connectivity index (χ3n) is 3.72. The van der Waals surface area contributed by atoms with Gasteiger partial charge in [0.2, 0.25) is 5.91 Å². The predicted octanol–water partition coefficient (Wildman–Crippen LogP) is 1.03. The molecule has 1 saturated heterocycles. The lowest BCUT2D eigenvalue weighted by atomic mass is 9.95. The van der Waals surface area contributed by atoms with Crippen molar-refractivity contribution in [2.24, 2.45) is 17.6 Å². The number of carbonyl (C=O) groups excluding carboxylic acids is 1. The average Bonchev–Trinajstić information content (AvgIpc) is 2.75. The highest BCUT2D eigenvalue weighted by Gasteiger charge is 2.30. The van der Waals surface area contributed by atoms with Crippen LogP contribution in [0, 0.1) is 11.8 Å². The van der Waals surface area contributed by atoms with Gasteiger partial charge in [-0.25, -0.2) is 0 Å². The molecule has 0 spiro atoms. The quantitative estimate of drug-likeness (QED) is 0.708. The van der Waals surface area contributed by atoms with E-state index in [9.17, 15) is 4.79 Å². The summed E-state index contributed by atoms with van der Waals surface area (Å²) in [5, 5.41) is 3.41. The summed E-state index contributed by atoms with van der Waals surface area (Å²) in [6, 6.07) is 0.551. The van der Waals surface area contributed by atoms with Crippen molar-refractivity contribution in [1.29, 1.82) is 0 Å². The van der Waals surface area contributed by atoms with Gasteiger partial charge in [0.25, 0.3) is 0 Å². The first-order valence-electron chi connectivity index (χ1n) is 5.78. The zero-order valence-corrected chi connectivity index (χ0v) is 8.67. The Labute approximate surface area is 85.4 Å². The standard InChI is InChI=1S/C11H20N2O/c12-11(14)9-6-10(13-7-9)5-8-3-1-2-4-8/h8-10,13H,1-7H2,(H2,12,14). The van der Waals surface area contributed by atoms with Crippen LogP contribution in [0.1, 0.15) is 38.5 Å². The Morgan fingerprint density at radius 1 is 1.36 bits per heavy atom. The van der Waals surface area contributed by atoms with Gasteiger partial charge in [-0.3, -0.25) is 4.79 Å². The van der Waals surface area contributed by atoms with Gasteiger partial charge in [-0.15, -0.1) is 0 Å². The summed E-state index contributed by atoms with van der Waals surface area (Å²) in [7, 11) is 0. The smallest absolute Gasteiger partial charge is 0.221 e. The minimum atomic E-state index is -0.133. The van der Waals surface area contributed by atoms with E-state index in [1.807, 2.05) is 0 Å². The Balaban J connectivity index is 1.75. The molecule has 3 nitrogen and oxygen atoms in total. The molecule has 2 rings (SSSR count). The molecule has 0 radical (unpaired) electrons. The molecule has 3 N–H and O–H groups in total. The van der Waals surface area contributed by atoms with Crippen LogP contribution < -0.4 is 11.1 Å². The van der Waals surface area contributed by atoms with Gasteiger partial charge in [-0.05, 0) is 18.8 Å². The number of primary amides is 1. The Hall–Kier alpha value is -0.570. The minimum Gasteiger partial charge on any atom is -0.369 e. The number of rotatable bonds is 3. The van der Waals surface area contributed by atoms with Crippen molar-refractivity contribution in [2.75, 3.05) is 6.54 Å². The van der Waals surface area contributed by atoms with E-state index in [1.165, 1.54) is 32.1 Å². The molecule has 2 unspecified atom stereocenters. The number of nitrogens with two attached hydrogens (primary N) is 1. The molecule has 1 aliphatic carbocycles. The van der Waals surface area contributed by atoms with Crippen molar-refractivity contribution in [3.05, 3.63) is 0 Å². The van der Waals surface area contributed by atoms with E-state index in [-0.39, 0.29) is 11.8 Å². The molecule has 1 amide bonds. The van der Waals surface area contributed by atoms with Crippen LogP contribution >= 0.6 is 0 Å². The molecule has 0 aromatic carbocycles. The molecule has 3 heteroatoms. The van der Waals surface area contributed by atoms with Crippen molar-refractivity contribution in [2.45, 2.75) is 44.6 Å². The first-order valence-corrected chi connectivity index (χ1v) is 5.78. The van der Waals surface area contributed by atoms with Crippen LogP contribution in [0.2, 0.25) is 0 Å². The van der Waals surface area contributed by atoms with E-state index in [0.29, 0.717) is 6.04 Å². The lowest BCUT2D eigenvalue weighted by Gasteiger charge is -2.15. The zero-order valence-electron chi connectivity index (χ0n) is 8.67. The molecule has 2 atom stereocenters. The second kappa shape index (κ2) is 4.30. The molecule has 0 aromatic heterocycles. The van der Waals surface area contributed by atoms with Gasteiger partial charge in [0.1, 0.15) is 0 Å². The molecule has 2 fully saturated rings. The molecule has 0 aromatic rings. The second-order valence-corrected chi connectivity index (χ2v) is 4.83. The third-order valence-corrected chi connectivity index (χ3v) is 3.72. The molecule has 2 aliphatic rings. The van der Waals surface area contributed by atoms with E-state index in [1.54, 1.807) is 0 Å². The summed E-state index contributed by atoms with van der Waals surface area (Å²) in [5.74, 6) is 0.854. The van der Waals surface area contributed by atoms with Crippen molar-refractivity contribution in [3.63, 3.8) is 0 Å². The summed E-state index contributed by atoms with van der Waals surface area (Å²) in [6.45, 7) is 0.798. The molecule has 1 saturated carbocycles. The lowest BCUT2D eigenvalue weighted by molar-refractivity contribution is -0.121. The number of hydrogen-bond acceptors (Lipinski definition) is 2. The van der Waals surface area contributed by atoms with E-state index in [0.717, 1.165) is 18.9 Å². The SMILES string of the molecule is NC(=O)C1CNC(CC2CCCC2)C1. The van der Waals surface area contributed by atoms with Gasteiger partial charge in [0.05, 0.1) is 5.92 Å². The summed E-state index contributed by atoms with van der Waals surface area (Å²) in [4.78, 5) is 11.0. The van der Waals surface area contributed by atoms with E-state index in [2.05, 4.69) is 5.32 Å². The summed E-state index contributed by atoms with van der Waals surface area (Å²) >= 11 is 0. The van der Waals surface area contributed by atoms with Gasteiger partial charge in [-0.1, -0.05) is 25.7 Å². The summed E-state index contributed by atoms with van der Waals surface area (Å²) in [6.07, 6.45) is 7.79.